The van der Waals surface area contributed by atoms with E-state index < -0.39 is 11.8 Å². The summed E-state index contributed by atoms with van der Waals surface area (Å²) in [6.45, 7) is 4.02. The maximum absolute atomic E-state index is 13.3. The third-order valence-electron chi connectivity index (χ3n) is 5.15. The highest BCUT2D eigenvalue weighted by molar-refractivity contribution is 9.10. The Kier molecular flexibility index (Phi) is 5.89. The van der Waals surface area contributed by atoms with Gasteiger partial charge >= 0.3 is 0 Å². The molecule has 0 aliphatic carbocycles. The number of carbonyl (C=O) groups excluding carboxylic acids is 2. The van der Waals surface area contributed by atoms with Gasteiger partial charge < -0.3 is 11.1 Å². The van der Waals surface area contributed by atoms with Gasteiger partial charge in [0.25, 0.3) is 11.8 Å². The number of amides is 2. The van der Waals surface area contributed by atoms with Crippen LogP contribution in [0.2, 0.25) is 0 Å². The summed E-state index contributed by atoms with van der Waals surface area (Å²) < 4.78 is 2.50. The Bertz CT molecular complexity index is 1450. The first kappa shape index (κ1) is 22.1. The lowest BCUT2D eigenvalue weighted by molar-refractivity contribution is 0.0996. The average molecular weight is 504 g/mol. The fourth-order valence-electron chi connectivity index (χ4n) is 3.46. The monoisotopic (exact) mass is 503 g/mol. The highest BCUT2D eigenvalue weighted by Crippen LogP contribution is 2.26. The highest BCUT2D eigenvalue weighted by Gasteiger charge is 2.20. The molecule has 3 N–H and O–H groups in total. The predicted octanol–water partition coefficient (Wildman–Crippen LogP) is 3.48. The minimum atomic E-state index is -0.719. The number of primary amides is 1. The molecule has 10 heteroatoms. The molecule has 3 heterocycles. The number of nitrogens with one attached hydrogen (secondary N) is 1. The third-order valence-corrected chi connectivity index (χ3v) is 5.65. The Morgan fingerprint density at radius 2 is 2.00 bits per heavy atom. The van der Waals surface area contributed by atoms with Crippen molar-refractivity contribution in [2.45, 2.75) is 20.4 Å². The summed E-state index contributed by atoms with van der Waals surface area (Å²) in [5.41, 5.74) is 9.32. The van der Waals surface area contributed by atoms with Crippen LogP contribution in [-0.4, -0.2) is 31.6 Å². The van der Waals surface area contributed by atoms with E-state index in [0.717, 1.165) is 15.9 Å². The van der Waals surface area contributed by atoms with Crippen LogP contribution in [-0.2, 0) is 6.54 Å². The van der Waals surface area contributed by atoms with Gasteiger partial charge in [-0.15, -0.1) is 0 Å². The number of benzene rings is 1. The molecular formula is C23H18BrN7O2. The topological polar surface area (TPSA) is 140 Å². The smallest absolute Gasteiger partial charge is 0.267 e. The average Bonchev–Trinajstić information content (AvgIpc) is 3.06. The van der Waals surface area contributed by atoms with Crippen molar-refractivity contribution < 1.29 is 9.59 Å². The Morgan fingerprint density at radius 3 is 2.67 bits per heavy atom. The highest BCUT2D eigenvalue weighted by atomic mass is 79.9. The minimum absolute atomic E-state index is 0.00556. The number of nitriles is 1. The summed E-state index contributed by atoms with van der Waals surface area (Å²) in [7, 11) is 0. The zero-order chi connectivity index (χ0) is 23.7. The number of halogens is 1. The maximum Gasteiger partial charge on any atom is 0.267 e. The van der Waals surface area contributed by atoms with E-state index in [0.29, 0.717) is 34.4 Å². The Balaban J connectivity index is 1.68. The quantitative estimate of drug-likeness (QED) is 0.427. The van der Waals surface area contributed by atoms with Crippen molar-refractivity contribution in [2.75, 3.05) is 5.32 Å². The van der Waals surface area contributed by atoms with Crippen LogP contribution in [0.25, 0.3) is 10.9 Å². The number of nitrogens with two attached hydrogens (primary N) is 1. The Morgan fingerprint density at radius 1 is 1.21 bits per heavy atom. The fraction of sp³-hybridized carbons (Fsp3) is 0.130. The second-order valence-corrected chi connectivity index (χ2v) is 8.30. The van der Waals surface area contributed by atoms with E-state index in [1.54, 1.807) is 41.9 Å². The van der Waals surface area contributed by atoms with Crippen molar-refractivity contribution in [3.63, 3.8) is 0 Å². The molecule has 4 rings (SSSR count). The zero-order valence-corrected chi connectivity index (χ0v) is 19.3. The van der Waals surface area contributed by atoms with E-state index in [2.05, 4.69) is 36.3 Å². The first-order valence-corrected chi connectivity index (χ1v) is 10.7. The van der Waals surface area contributed by atoms with E-state index >= 15 is 0 Å². The van der Waals surface area contributed by atoms with Crippen molar-refractivity contribution >= 4 is 44.3 Å². The molecule has 0 aliphatic heterocycles. The molecule has 2 amide bonds. The molecule has 0 spiro atoms. The standard InChI is InChI=1S/C23H18BrN7O2/c1-12-21(13(2)31(30-12)11-16-5-3-14(9-25)10-27-16)29-23(33)18-8-20(22(26)32)28-19-6-4-15(24)7-17(18)19/h3-8,10H,11H2,1-2H3,(H2,26,32)(H,29,33). The Hall–Kier alpha value is -4.10. The van der Waals surface area contributed by atoms with Gasteiger partial charge in [0.2, 0.25) is 0 Å². The van der Waals surface area contributed by atoms with Gasteiger partial charge in [-0.05, 0) is 50.2 Å². The maximum atomic E-state index is 13.3. The minimum Gasteiger partial charge on any atom is -0.364 e. The Labute approximate surface area is 197 Å². The van der Waals surface area contributed by atoms with Gasteiger partial charge in [0.15, 0.2) is 0 Å². The number of pyridine rings is 2. The van der Waals surface area contributed by atoms with Crippen LogP contribution < -0.4 is 11.1 Å². The summed E-state index contributed by atoms with van der Waals surface area (Å²) in [6.07, 6.45) is 1.51. The number of anilines is 1. The summed E-state index contributed by atoms with van der Waals surface area (Å²) in [5, 5.41) is 16.9. The van der Waals surface area contributed by atoms with Crippen molar-refractivity contribution in [1.82, 2.24) is 19.7 Å². The number of nitrogens with zero attached hydrogens (tertiary/aromatic N) is 5. The largest absolute Gasteiger partial charge is 0.364 e. The second-order valence-electron chi connectivity index (χ2n) is 7.39. The van der Waals surface area contributed by atoms with E-state index in [1.165, 1.54) is 12.3 Å². The molecule has 0 radical (unpaired) electrons. The van der Waals surface area contributed by atoms with Gasteiger partial charge in [-0.1, -0.05) is 15.9 Å². The van der Waals surface area contributed by atoms with E-state index in [4.69, 9.17) is 11.0 Å². The molecule has 1 aromatic carbocycles. The molecule has 0 saturated heterocycles. The lowest BCUT2D eigenvalue weighted by atomic mass is 10.1. The number of rotatable bonds is 5. The van der Waals surface area contributed by atoms with Crippen LogP contribution in [0, 0.1) is 25.2 Å². The van der Waals surface area contributed by atoms with Crippen molar-refractivity contribution in [3.8, 4) is 6.07 Å². The molecule has 0 aliphatic rings. The SMILES string of the molecule is Cc1nn(Cc2ccc(C#N)cn2)c(C)c1NC(=O)c1cc(C(N)=O)nc2ccc(Br)cc12. The zero-order valence-electron chi connectivity index (χ0n) is 17.8. The van der Waals surface area contributed by atoms with Gasteiger partial charge in [-0.3, -0.25) is 19.3 Å². The van der Waals surface area contributed by atoms with E-state index in [9.17, 15) is 9.59 Å². The van der Waals surface area contributed by atoms with Gasteiger partial charge in [-0.25, -0.2) is 4.98 Å². The molecule has 164 valence electrons. The molecule has 3 aromatic heterocycles. The molecule has 0 atom stereocenters. The number of aryl methyl sites for hydroxylation is 1. The predicted molar refractivity (Wildman–Crippen MR) is 126 cm³/mol. The number of fused-ring (bicyclic) bond motifs is 1. The lowest BCUT2D eigenvalue weighted by Crippen LogP contribution is -2.18. The second kappa shape index (κ2) is 8.80. The first-order chi connectivity index (χ1) is 15.8. The van der Waals surface area contributed by atoms with Crippen molar-refractivity contribution in [1.29, 1.82) is 5.26 Å². The number of aromatic nitrogens is 4. The van der Waals surface area contributed by atoms with Crippen LogP contribution >= 0.6 is 15.9 Å². The number of hydrogen-bond acceptors (Lipinski definition) is 6. The summed E-state index contributed by atoms with van der Waals surface area (Å²) in [4.78, 5) is 33.5. The first-order valence-electron chi connectivity index (χ1n) is 9.87. The van der Waals surface area contributed by atoms with Gasteiger partial charge in [0.1, 0.15) is 11.8 Å². The lowest BCUT2D eigenvalue weighted by Gasteiger charge is -2.10. The van der Waals surface area contributed by atoms with Gasteiger partial charge in [0.05, 0.1) is 46.0 Å². The van der Waals surface area contributed by atoms with Crippen molar-refractivity contribution in [3.05, 3.63) is 81.0 Å². The third kappa shape index (κ3) is 4.44. The summed E-state index contributed by atoms with van der Waals surface area (Å²) >= 11 is 3.41. The van der Waals surface area contributed by atoms with Gasteiger partial charge in [0, 0.05) is 16.1 Å². The fourth-order valence-corrected chi connectivity index (χ4v) is 3.82. The van der Waals surface area contributed by atoms with Crippen LogP contribution in [0.4, 0.5) is 5.69 Å². The molecular weight excluding hydrogens is 486 g/mol. The van der Waals surface area contributed by atoms with Crippen LogP contribution in [0.3, 0.4) is 0 Å². The molecule has 4 aromatic rings. The van der Waals surface area contributed by atoms with E-state index in [-0.39, 0.29) is 11.3 Å². The molecule has 0 saturated carbocycles. The molecule has 9 nitrogen and oxygen atoms in total. The van der Waals surface area contributed by atoms with Gasteiger partial charge in [-0.2, -0.15) is 10.4 Å². The summed E-state index contributed by atoms with van der Waals surface area (Å²) in [6, 6.07) is 12.1. The number of hydrogen-bond donors (Lipinski definition) is 2. The van der Waals surface area contributed by atoms with Crippen molar-refractivity contribution in [2.24, 2.45) is 5.73 Å². The molecule has 0 unspecified atom stereocenters. The normalized spacial score (nSPS) is 10.7. The molecule has 0 bridgehead atoms. The van der Waals surface area contributed by atoms with E-state index in [1.807, 2.05) is 13.0 Å². The molecule has 0 fully saturated rings. The molecule has 33 heavy (non-hydrogen) atoms. The van der Waals surface area contributed by atoms with Crippen LogP contribution in [0.1, 0.15) is 43.5 Å². The summed E-state index contributed by atoms with van der Waals surface area (Å²) in [5.74, 6) is -1.13. The number of carbonyl (C=O) groups is 2. The van der Waals surface area contributed by atoms with Crippen LogP contribution in [0.15, 0.2) is 47.1 Å². The van der Waals surface area contributed by atoms with Crippen LogP contribution in [0.5, 0.6) is 0 Å².